The summed E-state index contributed by atoms with van der Waals surface area (Å²) >= 11 is 0. The molecule has 2 N–H and O–H groups in total. The zero-order chi connectivity index (χ0) is 20.1. The Morgan fingerprint density at radius 3 is 2.54 bits per heavy atom. The van der Waals surface area contributed by atoms with Gasteiger partial charge in [-0.05, 0) is 43.7 Å². The third-order valence-corrected chi connectivity index (χ3v) is 6.00. The molecule has 0 saturated carbocycles. The topological polar surface area (TPSA) is 105 Å². The van der Waals surface area contributed by atoms with Crippen LogP contribution in [-0.4, -0.2) is 39.1 Å². The van der Waals surface area contributed by atoms with Gasteiger partial charge >= 0.3 is 11.8 Å². The van der Waals surface area contributed by atoms with Gasteiger partial charge < -0.3 is 15.4 Å². The van der Waals surface area contributed by atoms with Crippen molar-refractivity contribution >= 4 is 38.9 Å². The highest BCUT2D eigenvalue weighted by Crippen LogP contribution is 2.27. The second-order valence-corrected chi connectivity index (χ2v) is 8.14. The van der Waals surface area contributed by atoms with Crippen molar-refractivity contribution in [1.29, 1.82) is 0 Å². The van der Waals surface area contributed by atoms with E-state index in [1.807, 2.05) is 6.92 Å². The standard InChI is InChI=1S/C19H21N3O5S/c1-2-27-17-10-4-3-9-16(17)21-19(24)18(23)20-14-7-5-8-15(13-14)22-11-6-12-28(22,25)26/h3-5,7-10,13H,2,6,11-12H2,1H3,(H,20,23)(H,21,24). The minimum atomic E-state index is -3.33. The van der Waals surface area contributed by atoms with E-state index in [-0.39, 0.29) is 5.75 Å². The monoisotopic (exact) mass is 403 g/mol. The Kier molecular flexibility index (Phi) is 5.84. The molecule has 28 heavy (non-hydrogen) atoms. The summed E-state index contributed by atoms with van der Waals surface area (Å²) in [5, 5.41) is 5.01. The lowest BCUT2D eigenvalue weighted by atomic mass is 10.2. The van der Waals surface area contributed by atoms with Crippen LogP contribution in [0.3, 0.4) is 0 Å². The number of rotatable bonds is 5. The molecule has 0 atom stereocenters. The molecule has 0 spiro atoms. The Labute approximate surface area is 163 Å². The van der Waals surface area contributed by atoms with E-state index in [9.17, 15) is 18.0 Å². The molecule has 0 unspecified atom stereocenters. The van der Waals surface area contributed by atoms with Gasteiger partial charge in [0.25, 0.3) is 0 Å². The predicted molar refractivity (Wildman–Crippen MR) is 107 cm³/mol. The lowest BCUT2D eigenvalue weighted by molar-refractivity contribution is -0.133. The number of anilines is 3. The first kappa shape index (κ1) is 19.7. The highest BCUT2D eigenvalue weighted by Gasteiger charge is 2.28. The number of hydrogen-bond donors (Lipinski definition) is 2. The van der Waals surface area contributed by atoms with Crippen molar-refractivity contribution in [2.75, 3.05) is 33.8 Å². The Hall–Kier alpha value is -3.07. The van der Waals surface area contributed by atoms with Crippen LogP contribution in [0, 0.1) is 0 Å². The molecular weight excluding hydrogens is 382 g/mol. The molecule has 8 nitrogen and oxygen atoms in total. The van der Waals surface area contributed by atoms with Crippen LogP contribution in [0.25, 0.3) is 0 Å². The van der Waals surface area contributed by atoms with Crippen molar-refractivity contribution in [3.8, 4) is 5.75 Å². The van der Waals surface area contributed by atoms with E-state index >= 15 is 0 Å². The first-order valence-corrected chi connectivity index (χ1v) is 10.5. The third-order valence-electron chi connectivity index (χ3n) is 4.13. The molecule has 2 aromatic carbocycles. The van der Waals surface area contributed by atoms with Gasteiger partial charge in [0.05, 0.1) is 23.7 Å². The maximum absolute atomic E-state index is 12.3. The van der Waals surface area contributed by atoms with Crippen molar-refractivity contribution in [2.45, 2.75) is 13.3 Å². The second kappa shape index (κ2) is 8.30. The average Bonchev–Trinajstić information content (AvgIpc) is 3.03. The number of carbonyl (C=O) groups excluding carboxylic acids is 2. The lowest BCUT2D eigenvalue weighted by Gasteiger charge is -2.17. The maximum atomic E-state index is 12.3. The molecule has 1 aliphatic rings. The molecule has 9 heteroatoms. The van der Waals surface area contributed by atoms with Gasteiger partial charge in [-0.15, -0.1) is 0 Å². The van der Waals surface area contributed by atoms with Crippen LogP contribution in [0.4, 0.5) is 17.1 Å². The van der Waals surface area contributed by atoms with Gasteiger partial charge in [0.2, 0.25) is 10.0 Å². The van der Waals surface area contributed by atoms with Gasteiger partial charge in [-0.3, -0.25) is 13.9 Å². The smallest absolute Gasteiger partial charge is 0.314 e. The van der Waals surface area contributed by atoms with Crippen molar-refractivity contribution in [2.24, 2.45) is 0 Å². The number of ether oxygens (including phenoxy) is 1. The van der Waals surface area contributed by atoms with Crippen molar-refractivity contribution in [3.05, 3.63) is 48.5 Å². The van der Waals surface area contributed by atoms with E-state index < -0.39 is 21.8 Å². The zero-order valence-electron chi connectivity index (χ0n) is 15.3. The molecule has 1 heterocycles. The summed E-state index contributed by atoms with van der Waals surface area (Å²) in [6.45, 7) is 2.64. The summed E-state index contributed by atoms with van der Waals surface area (Å²) in [7, 11) is -3.33. The van der Waals surface area contributed by atoms with Crippen LogP contribution in [0.2, 0.25) is 0 Å². The Bertz CT molecular complexity index is 991. The normalized spacial score (nSPS) is 15.1. The molecule has 0 bridgehead atoms. The molecule has 2 aromatic rings. The maximum Gasteiger partial charge on any atom is 0.314 e. The van der Waals surface area contributed by atoms with E-state index in [2.05, 4.69) is 10.6 Å². The van der Waals surface area contributed by atoms with Gasteiger partial charge in [0.1, 0.15) is 5.75 Å². The van der Waals surface area contributed by atoms with E-state index in [1.54, 1.807) is 42.5 Å². The lowest BCUT2D eigenvalue weighted by Crippen LogP contribution is -2.29. The summed E-state index contributed by atoms with van der Waals surface area (Å²) in [6, 6.07) is 13.2. The van der Waals surface area contributed by atoms with Crippen LogP contribution in [0.15, 0.2) is 48.5 Å². The Balaban J connectivity index is 1.70. The molecule has 1 aliphatic heterocycles. The van der Waals surface area contributed by atoms with Crippen LogP contribution < -0.4 is 19.7 Å². The van der Waals surface area contributed by atoms with E-state index in [0.29, 0.717) is 42.4 Å². The van der Waals surface area contributed by atoms with Gasteiger partial charge in [0.15, 0.2) is 0 Å². The first-order chi connectivity index (χ1) is 13.4. The van der Waals surface area contributed by atoms with Crippen molar-refractivity contribution < 1.29 is 22.7 Å². The number of nitrogens with zero attached hydrogens (tertiary/aromatic N) is 1. The quantitative estimate of drug-likeness (QED) is 0.745. The second-order valence-electron chi connectivity index (χ2n) is 6.13. The van der Waals surface area contributed by atoms with Crippen LogP contribution in [0.1, 0.15) is 13.3 Å². The molecule has 148 valence electrons. The summed E-state index contributed by atoms with van der Waals surface area (Å²) in [5.74, 6) is -1.16. The molecule has 3 rings (SSSR count). The fourth-order valence-corrected chi connectivity index (χ4v) is 4.44. The van der Waals surface area contributed by atoms with E-state index in [0.717, 1.165) is 0 Å². The van der Waals surface area contributed by atoms with Gasteiger partial charge in [-0.2, -0.15) is 0 Å². The Morgan fingerprint density at radius 1 is 1.07 bits per heavy atom. The van der Waals surface area contributed by atoms with Gasteiger partial charge in [-0.25, -0.2) is 8.42 Å². The third kappa shape index (κ3) is 4.42. The SMILES string of the molecule is CCOc1ccccc1NC(=O)C(=O)Nc1cccc(N2CCCS2(=O)=O)c1. The number of carbonyl (C=O) groups is 2. The fourth-order valence-electron chi connectivity index (χ4n) is 2.89. The summed E-state index contributed by atoms with van der Waals surface area (Å²) in [5.41, 5.74) is 1.18. The Morgan fingerprint density at radius 2 is 1.82 bits per heavy atom. The predicted octanol–water partition coefficient (Wildman–Crippen LogP) is 2.20. The molecule has 0 radical (unpaired) electrons. The molecule has 0 aromatic heterocycles. The highest BCUT2D eigenvalue weighted by atomic mass is 32.2. The summed E-state index contributed by atoms with van der Waals surface area (Å²) in [4.78, 5) is 24.5. The largest absolute Gasteiger partial charge is 0.492 e. The number of para-hydroxylation sites is 2. The summed E-state index contributed by atoms with van der Waals surface area (Å²) in [6.07, 6.45) is 0.556. The highest BCUT2D eigenvalue weighted by molar-refractivity contribution is 7.93. The molecule has 0 aliphatic carbocycles. The number of hydrogen-bond acceptors (Lipinski definition) is 5. The van der Waals surface area contributed by atoms with Crippen LogP contribution in [-0.2, 0) is 19.6 Å². The summed E-state index contributed by atoms with van der Waals surface area (Å²) < 4.78 is 30.8. The molecular formula is C19H21N3O5S. The number of benzene rings is 2. The minimum absolute atomic E-state index is 0.102. The minimum Gasteiger partial charge on any atom is -0.492 e. The molecule has 1 saturated heterocycles. The zero-order valence-corrected chi connectivity index (χ0v) is 16.2. The van der Waals surface area contributed by atoms with Crippen molar-refractivity contribution in [1.82, 2.24) is 0 Å². The molecule has 2 amide bonds. The average molecular weight is 403 g/mol. The number of amides is 2. The van der Waals surface area contributed by atoms with Gasteiger partial charge in [0, 0.05) is 12.2 Å². The number of sulfonamides is 1. The van der Waals surface area contributed by atoms with E-state index in [4.69, 9.17) is 4.74 Å². The first-order valence-electron chi connectivity index (χ1n) is 8.85. The van der Waals surface area contributed by atoms with E-state index in [1.165, 1.54) is 10.4 Å². The number of nitrogens with one attached hydrogen (secondary N) is 2. The van der Waals surface area contributed by atoms with Crippen LogP contribution in [0.5, 0.6) is 5.75 Å². The van der Waals surface area contributed by atoms with Crippen LogP contribution >= 0.6 is 0 Å². The molecule has 1 fully saturated rings. The van der Waals surface area contributed by atoms with Gasteiger partial charge in [-0.1, -0.05) is 18.2 Å². The van der Waals surface area contributed by atoms with Crippen molar-refractivity contribution in [3.63, 3.8) is 0 Å². The fraction of sp³-hybridized carbons (Fsp3) is 0.263.